The molecule has 0 saturated heterocycles. The minimum Gasteiger partial charge on any atom is -0.313 e. The van der Waals surface area contributed by atoms with Crippen LogP contribution >= 0.6 is 23.3 Å². The van der Waals surface area contributed by atoms with E-state index in [0.29, 0.717) is 0 Å². The van der Waals surface area contributed by atoms with Crippen LogP contribution in [0.5, 0.6) is 0 Å². The van der Waals surface area contributed by atoms with E-state index in [9.17, 15) is 0 Å². The molecule has 0 amide bonds. The van der Waals surface area contributed by atoms with E-state index in [0.717, 1.165) is 29.7 Å². The molecule has 2 aromatic rings. The van der Waals surface area contributed by atoms with Gasteiger partial charge in [-0.15, -0.1) is 0 Å². The molecule has 5 heteroatoms. The van der Waals surface area contributed by atoms with Gasteiger partial charge in [-0.25, -0.2) is 4.98 Å². The number of nitrogens with one attached hydrogen (secondary N) is 1. The van der Waals surface area contributed by atoms with E-state index < -0.39 is 0 Å². The minimum absolute atomic E-state index is 0.900. The number of aromatic nitrogens is 2. The average Bonchev–Trinajstić information content (AvgIpc) is 2.87. The summed E-state index contributed by atoms with van der Waals surface area (Å²) in [6, 6.07) is 6.60. The molecule has 0 aliphatic rings. The largest absolute Gasteiger partial charge is 0.313 e. The summed E-state index contributed by atoms with van der Waals surface area (Å²) in [5.41, 5.74) is 2.63. The Bertz CT molecular complexity index is 537. The third-order valence-electron chi connectivity index (χ3n) is 2.78. The first-order valence-electron chi connectivity index (χ1n) is 6.53. The number of hydrogen-bond donors (Lipinski definition) is 1. The zero-order valence-electron chi connectivity index (χ0n) is 11.6. The molecule has 1 N–H and O–H groups in total. The van der Waals surface area contributed by atoms with Crippen molar-refractivity contribution in [1.82, 2.24) is 14.7 Å². The predicted molar refractivity (Wildman–Crippen MR) is 82.0 cm³/mol. The highest BCUT2D eigenvalue weighted by Gasteiger charge is 2.07. The SMILES string of the molecule is CCNCc1ccc(Sc2nc(CC)ns2)c(C)c1. The molecule has 0 saturated carbocycles. The summed E-state index contributed by atoms with van der Waals surface area (Å²) >= 11 is 3.19. The van der Waals surface area contributed by atoms with Gasteiger partial charge in [-0.1, -0.05) is 37.7 Å². The number of nitrogens with zero attached hydrogens (tertiary/aromatic N) is 2. The molecule has 102 valence electrons. The molecule has 0 aliphatic heterocycles. The fourth-order valence-corrected chi connectivity index (χ4v) is 3.45. The lowest BCUT2D eigenvalue weighted by atomic mass is 10.1. The Kier molecular flexibility index (Phi) is 5.36. The van der Waals surface area contributed by atoms with E-state index in [1.165, 1.54) is 27.6 Å². The highest BCUT2D eigenvalue weighted by molar-refractivity contribution is 8.01. The van der Waals surface area contributed by atoms with Crippen LogP contribution in [0.2, 0.25) is 0 Å². The maximum absolute atomic E-state index is 4.50. The first kappa shape index (κ1) is 14.5. The van der Waals surface area contributed by atoms with Gasteiger partial charge in [0.05, 0.1) is 0 Å². The Hall–Kier alpha value is -0.910. The second-order valence-electron chi connectivity index (χ2n) is 4.31. The number of benzene rings is 1. The van der Waals surface area contributed by atoms with E-state index in [4.69, 9.17) is 0 Å². The Labute approximate surface area is 123 Å². The second-order valence-corrected chi connectivity index (χ2v) is 6.35. The topological polar surface area (TPSA) is 37.8 Å². The first-order chi connectivity index (χ1) is 9.22. The lowest BCUT2D eigenvalue weighted by Gasteiger charge is -2.07. The van der Waals surface area contributed by atoms with Gasteiger partial charge in [0.25, 0.3) is 0 Å². The van der Waals surface area contributed by atoms with Gasteiger partial charge in [-0.2, -0.15) is 4.37 Å². The van der Waals surface area contributed by atoms with Crippen LogP contribution in [0, 0.1) is 6.92 Å². The molecule has 2 rings (SSSR count). The normalized spacial score (nSPS) is 10.9. The number of rotatable bonds is 6. The van der Waals surface area contributed by atoms with Crippen molar-refractivity contribution in [3.8, 4) is 0 Å². The van der Waals surface area contributed by atoms with Gasteiger partial charge in [0, 0.05) is 17.9 Å². The minimum atomic E-state index is 0.900. The quantitative estimate of drug-likeness (QED) is 0.882. The van der Waals surface area contributed by atoms with Crippen molar-refractivity contribution < 1.29 is 0 Å². The lowest BCUT2D eigenvalue weighted by Crippen LogP contribution is -2.11. The highest BCUT2D eigenvalue weighted by atomic mass is 32.2. The summed E-state index contributed by atoms with van der Waals surface area (Å²) in [5, 5.41) is 3.34. The van der Waals surface area contributed by atoms with E-state index >= 15 is 0 Å². The molecule has 0 spiro atoms. The van der Waals surface area contributed by atoms with Crippen molar-refractivity contribution in [2.45, 2.75) is 43.0 Å². The summed E-state index contributed by atoms with van der Waals surface area (Å²) in [4.78, 5) is 5.76. The molecule has 19 heavy (non-hydrogen) atoms. The molecule has 0 atom stereocenters. The third-order valence-corrected chi connectivity index (χ3v) is 4.75. The lowest BCUT2D eigenvalue weighted by molar-refractivity contribution is 0.726. The molecule has 1 heterocycles. The van der Waals surface area contributed by atoms with Crippen LogP contribution < -0.4 is 5.32 Å². The second kappa shape index (κ2) is 7.03. The van der Waals surface area contributed by atoms with Crippen LogP contribution in [-0.4, -0.2) is 15.9 Å². The Morgan fingerprint density at radius 1 is 1.32 bits per heavy atom. The number of hydrogen-bond acceptors (Lipinski definition) is 5. The van der Waals surface area contributed by atoms with Crippen molar-refractivity contribution in [1.29, 1.82) is 0 Å². The third kappa shape index (κ3) is 4.03. The molecule has 0 fully saturated rings. The standard InChI is InChI=1S/C14H19N3S2/c1-4-13-16-14(19-17-13)18-12-7-6-11(8-10(12)3)9-15-5-2/h6-8,15H,4-5,9H2,1-3H3. The van der Waals surface area contributed by atoms with E-state index in [1.54, 1.807) is 11.8 Å². The maximum Gasteiger partial charge on any atom is 0.174 e. The Morgan fingerprint density at radius 3 is 2.79 bits per heavy atom. The molecular weight excluding hydrogens is 274 g/mol. The molecule has 1 aromatic carbocycles. The van der Waals surface area contributed by atoms with Crippen molar-refractivity contribution in [3.63, 3.8) is 0 Å². The molecule has 1 aromatic heterocycles. The summed E-state index contributed by atoms with van der Waals surface area (Å²) in [7, 11) is 0. The van der Waals surface area contributed by atoms with E-state index in [1.807, 2.05) is 0 Å². The van der Waals surface area contributed by atoms with Crippen LogP contribution in [0.1, 0.15) is 30.8 Å². The van der Waals surface area contributed by atoms with Crippen LogP contribution in [0.3, 0.4) is 0 Å². The molecular formula is C14H19N3S2. The Morgan fingerprint density at radius 2 is 2.16 bits per heavy atom. The number of aryl methyl sites for hydroxylation is 2. The van der Waals surface area contributed by atoms with Gasteiger partial charge in [0.15, 0.2) is 4.34 Å². The van der Waals surface area contributed by atoms with Crippen molar-refractivity contribution in [2.24, 2.45) is 0 Å². The van der Waals surface area contributed by atoms with Gasteiger partial charge in [-0.05, 0) is 42.2 Å². The maximum atomic E-state index is 4.50. The summed E-state index contributed by atoms with van der Waals surface area (Å²) in [6.45, 7) is 8.29. The smallest absolute Gasteiger partial charge is 0.174 e. The van der Waals surface area contributed by atoms with Crippen molar-refractivity contribution >= 4 is 23.3 Å². The van der Waals surface area contributed by atoms with Crippen LogP contribution in [0.25, 0.3) is 0 Å². The summed E-state index contributed by atoms with van der Waals surface area (Å²) in [6.07, 6.45) is 0.900. The van der Waals surface area contributed by atoms with Crippen LogP contribution in [-0.2, 0) is 13.0 Å². The van der Waals surface area contributed by atoms with E-state index in [-0.39, 0.29) is 0 Å². The molecule has 0 radical (unpaired) electrons. The van der Waals surface area contributed by atoms with Crippen molar-refractivity contribution in [3.05, 3.63) is 35.2 Å². The van der Waals surface area contributed by atoms with Gasteiger partial charge < -0.3 is 5.32 Å². The van der Waals surface area contributed by atoms with Crippen LogP contribution in [0.15, 0.2) is 27.4 Å². The monoisotopic (exact) mass is 293 g/mol. The fraction of sp³-hybridized carbons (Fsp3) is 0.429. The van der Waals surface area contributed by atoms with E-state index in [2.05, 4.69) is 53.6 Å². The molecule has 3 nitrogen and oxygen atoms in total. The summed E-state index contributed by atoms with van der Waals surface area (Å²) in [5.74, 6) is 0.939. The first-order valence-corrected chi connectivity index (χ1v) is 8.12. The summed E-state index contributed by atoms with van der Waals surface area (Å²) < 4.78 is 5.35. The predicted octanol–water partition coefficient (Wildman–Crippen LogP) is 3.67. The van der Waals surface area contributed by atoms with Gasteiger partial charge >= 0.3 is 0 Å². The van der Waals surface area contributed by atoms with Gasteiger partial charge in [0.2, 0.25) is 0 Å². The molecule has 0 aliphatic carbocycles. The zero-order chi connectivity index (χ0) is 13.7. The highest BCUT2D eigenvalue weighted by Crippen LogP contribution is 2.31. The zero-order valence-corrected chi connectivity index (χ0v) is 13.2. The molecule has 0 bridgehead atoms. The molecule has 0 unspecified atom stereocenters. The Balaban J connectivity index is 2.08. The van der Waals surface area contributed by atoms with Crippen molar-refractivity contribution in [2.75, 3.05) is 6.54 Å². The fourth-order valence-electron chi connectivity index (χ4n) is 1.72. The van der Waals surface area contributed by atoms with Crippen LogP contribution in [0.4, 0.5) is 0 Å². The van der Waals surface area contributed by atoms with Gasteiger partial charge in [-0.3, -0.25) is 0 Å². The average molecular weight is 293 g/mol. The van der Waals surface area contributed by atoms with Gasteiger partial charge in [0.1, 0.15) is 5.82 Å².